The Kier molecular flexibility index (Phi) is 5.87. The molecule has 0 spiro atoms. The maximum absolute atomic E-state index is 13.9. The molecule has 6 nitrogen and oxygen atoms in total. The number of anilines is 2. The fourth-order valence-corrected chi connectivity index (χ4v) is 3.72. The molecule has 7 heteroatoms. The number of hydrogen-bond donors (Lipinski definition) is 1. The summed E-state index contributed by atoms with van der Waals surface area (Å²) in [5.74, 6) is -0.649. The highest BCUT2D eigenvalue weighted by Gasteiger charge is 2.40. The molecule has 33 heavy (non-hydrogen) atoms. The third-order valence-electron chi connectivity index (χ3n) is 5.60. The second-order valence-corrected chi connectivity index (χ2v) is 7.67. The molecule has 1 heterocycles. The largest absolute Gasteiger partial charge is 0.493 e. The van der Waals surface area contributed by atoms with Crippen LogP contribution in [0.1, 0.15) is 16.7 Å². The van der Waals surface area contributed by atoms with E-state index in [9.17, 15) is 14.0 Å². The summed E-state index contributed by atoms with van der Waals surface area (Å²) < 4.78 is 24.5. The number of halogens is 1. The Bertz CT molecular complexity index is 1300. The Morgan fingerprint density at radius 2 is 1.58 bits per heavy atom. The van der Waals surface area contributed by atoms with Gasteiger partial charge in [0.05, 0.1) is 25.5 Å². The number of carbonyl (C=O) groups is 2. The highest BCUT2D eigenvalue weighted by Crippen LogP contribution is 2.36. The quantitative estimate of drug-likeness (QED) is 0.548. The van der Waals surface area contributed by atoms with Crippen LogP contribution in [-0.4, -0.2) is 26.0 Å². The number of imide groups is 1. The molecular formula is C26H23FN2O4. The van der Waals surface area contributed by atoms with Crippen LogP contribution >= 0.6 is 0 Å². The number of rotatable bonds is 6. The molecule has 0 bridgehead atoms. The summed E-state index contributed by atoms with van der Waals surface area (Å²) in [7, 11) is 3.04. The number of hydrogen-bond acceptors (Lipinski definition) is 5. The van der Waals surface area contributed by atoms with Gasteiger partial charge in [0.25, 0.3) is 11.8 Å². The van der Waals surface area contributed by atoms with Crippen molar-refractivity contribution in [2.24, 2.45) is 0 Å². The molecule has 0 atom stereocenters. The first-order chi connectivity index (χ1) is 15.8. The molecular weight excluding hydrogens is 423 g/mol. The minimum absolute atomic E-state index is 0.0970. The van der Waals surface area contributed by atoms with Gasteiger partial charge in [-0.1, -0.05) is 24.3 Å². The number of benzene rings is 3. The van der Waals surface area contributed by atoms with Crippen molar-refractivity contribution in [3.8, 4) is 11.5 Å². The minimum atomic E-state index is -0.575. The topological polar surface area (TPSA) is 67.9 Å². The van der Waals surface area contributed by atoms with E-state index in [1.807, 2.05) is 26.0 Å². The van der Waals surface area contributed by atoms with E-state index in [0.717, 1.165) is 22.1 Å². The van der Waals surface area contributed by atoms with Crippen molar-refractivity contribution in [3.63, 3.8) is 0 Å². The van der Waals surface area contributed by atoms with Gasteiger partial charge in [-0.25, -0.2) is 9.29 Å². The van der Waals surface area contributed by atoms with E-state index in [4.69, 9.17) is 9.47 Å². The van der Waals surface area contributed by atoms with Gasteiger partial charge >= 0.3 is 0 Å². The standard InChI is InChI=1S/C26H23FN2O4/c1-15-8-9-17(12-16(15)2)23-24(28-19-10-11-21(32-3)22(14-19)33-4)26(31)29(25(23)30)20-7-5-6-18(27)13-20/h5-14,28H,1-4H3. The van der Waals surface area contributed by atoms with Crippen molar-refractivity contribution in [2.45, 2.75) is 13.8 Å². The lowest BCUT2D eigenvalue weighted by molar-refractivity contribution is -0.120. The average molecular weight is 446 g/mol. The minimum Gasteiger partial charge on any atom is -0.493 e. The Labute approximate surface area is 191 Å². The van der Waals surface area contributed by atoms with Gasteiger partial charge in [-0.15, -0.1) is 0 Å². The van der Waals surface area contributed by atoms with Crippen molar-refractivity contribution in [1.82, 2.24) is 0 Å². The van der Waals surface area contributed by atoms with Gasteiger partial charge in [0.2, 0.25) is 0 Å². The maximum atomic E-state index is 13.9. The Morgan fingerprint density at radius 1 is 0.818 bits per heavy atom. The molecule has 0 saturated heterocycles. The zero-order valence-corrected chi connectivity index (χ0v) is 18.7. The summed E-state index contributed by atoms with van der Waals surface area (Å²) in [5, 5.41) is 3.08. The molecule has 0 aromatic heterocycles. The van der Waals surface area contributed by atoms with E-state index in [2.05, 4.69) is 5.32 Å². The van der Waals surface area contributed by atoms with Crippen LogP contribution in [0.4, 0.5) is 15.8 Å². The van der Waals surface area contributed by atoms with Crippen LogP contribution in [0.2, 0.25) is 0 Å². The van der Waals surface area contributed by atoms with Crippen LogP contribution in [0.5, 0.6) is 11.5 Å². The molecule has 2 amide bonds. The summed E-state index contributed by atoms with van der Waals surface area (Å²) in [6.07, 6.45) is 0. The van der Waals surface area contributed by atoms with Crippen LogP contribution in [0, 0.1) is 19.7 Å². The van der Waals surface area contributed by atoms with Crippen molar-refractivity contribution in [2.75, 3.05) is 24.4 Å². The SMILES string of the molecule is COc1ccc(NC2=C(c3ccc(C)c(C)c3)C(=O)N(c3cccc(F)c3)C2=O)cc1OC. The number of methoxy groups -OCH3 is 2. The highest BCUT2D eigenvalue weighted by atomic mass is 19.1. The predicted octanol–water partition coefficient (Wildman–Crippen LogP) is 4.86. The number of aryl methyl sites for hydroxylation is 2. The smallest absolute Gasteiger partial charge is 0.282 e. The Hall–Kier alpha value is -4.13. The summed E-state index contributed by atoms with van der Waals surface area (Å²) in [6, 6.07) is 16.0. The van der Waals surface area contributed by atoms with Crippen LogP contribution in [0.15, 0.2) is 66.4 Å². The van der Waals surface area contributed by atoms with Crippen LogP contribution < -0.4 is 19.7 Å². The molecule has 1 aliphatic heterocycles. The van der Waals surface area contributed by atoms with Crippen LogP contribution in [-0.2, 0) is 9.59 Å². The van der Waals surface area contributed by atoms with Crippen LogP contribution in [0.3, 0.4) is 0 Å². The molecule has 168 valence electrons. The summed E-state index contributed by atoms with van der Waals surface area (Å²) >= 11 is 0. The zero-order valence-electron chi connectivity index (χ0n) is 18.7. The van der Waals surface area contributed by atoms with Crippen molar-refractivity contribution in [3.05, 3.63) is 88.9 Å². The maximum Gasteiger partial charge on any atom is 0.282 e. The molecule has 0 unspecified atom stereocenters. The van der Waals surface area contributed by atoms with E-state index >= 15 is 0 Å². The molecule has 0 radical (unpaired) electrons. The van der Waals surface area contributed by atoms with Crippen LogP contribution in [0.25, 0.3) is 5.57 Å². The third kappa shape index (κ3) is 4.05. The monoisotopic (exact) mass is 446 g/mol. The zero-order chi connectivity index (χ0) is 23.7. The lowest BCUT2D eigenvalue weighted by Gasteiger charge is -2.16. The number of ether oxygens (including phenoxy) is 2. The van der Waals surface area contributed by atoms with Gasteiger partial charge in [-0.3, -0.25) is 9.59 Å². The average Bonchev–Trinajstić information content (AvgIpc) is 3.04. The lowest BCUT2D eigenvalue weighted by atomic mass is 9.99. The van der Waals surface area contributed by atoms with Crippen molar-refractivity contribution in [1.29, 1.82) is 0 Å². The van der Waals surface area contributed by atoms with E-state index in [1.54, 1.807) is 24.3 Å². The Morgan fingerprint density at radius 3 is 2.24 bits per heavy atom. The first-order valence-corrected chi connectivity index (χ1v) is 10.3. The summed E-state index contributed by atoms with van der Waals surface area (Å²) in [6.45, 7) is 3.91. The van der Waals surface area contributed by atoms with Crippen molar-refractivity contribution < 1.29 is 23.5 Å². The molecule has 3 aromatic carbocycles. The second kappa shape index (κ2) is 8.78. The molecule has 1 aliphatic rings. The second-order valence-electron chi connectivity index (χ2n) is 7.67. The highest BCUT2D eigenvalue weighted by molar-refractivity contribution is 6.46. The number of carbonyl (C=O) groups excluding carboxylic acids is 2. The van der Waals surface area contributed by atoms with Gasteiger partial charge in [0.1, 0.15) is 11.5 Å². The van der Waals surface area contributed by atoms with Gasteiger partial charge in [-0.2, -0.15) is 0 Å². The molecule has 4 rings (SSSR count). The van der Waals surface area contributed by atoms with Crippen molar-refractivity contribution >= 4 is 28.8 Å². The Balaban J connectivity index is 1.84. The first-order valence-electron chi connectivity index (χ1n) is 10.3. The van der Waals surface area contributed by atoms with Gasteiger partial charge in [0, 0.05) is 11.8 Å². The fraction of sp³-hybridized carbons (Fsp3) is 0.154. The molecule has 0 fully saturated rings. The summed E-state index contributed by atoms with van der Waals surface area (Å²) in [5.41, 5.74) is 3.64. The normalized spacial score (nSPS) is 13.5. The van der Waals surface area contributed by atoms with E-state index < -0.39 is 17.6 Å². The van der Waals surface area contributed by atoms with Gasteiger partial charge in [-0.05, 0) is 60.9 Å². The van der Waals surface area contributed by atoms with E-state index in [1.165, 1.54) is 32.4 Å². The first kappa shape index (κ1) is 22.1. The fourth-order valence-electron chi connectivity index (χ4n) is 3.72. The molecule has 3 aromatic rings. The van der Waals surface area contributed by atoms with Gasteiger partial charge < -0.3 is 14.8 Å². The summed E-state index contributed by atoms with van der Waals surface area (Å²) in [4.78, 5) is 27.9. The van der Waals surface area contributed by atoms with E-state index in [0.29, 0.717) is 22.7 Å². The van der Waals surface area contributed by atoms with E-state index in [-0.39, 0.29) is 17.0 Å². The number of nitrogens with one attached hydrogen (secondary N) is 1. The molecule has 0 aliphatic carbocycles. The van der Waals surface area contributed by atoms with Gasteiger partial charge in [0.15, 0.2) is 11.5 Å². The predicted molar refractivity (Wildman–Crippen MR) is 125 cm³/mol. The lowest BCUT2D eigenvalue weighted by Crippen LogP contribution is -2.32. The number of amides is 2. The third-order valence-corrected chi connectivity index (χ3v) is 5.60. The molecule has 0 saturated carbocycles. The number of nitrogens with zero attached hydrogens (tertiary/aromatic N) is 1. The molecule has 1 N–H and O–H groups in total.